The number of thiophene rings is 1. The van der Waals surface area contributed by atoms with Crippen LogP contribution in [0.2, 0.25) is 0 Å². The highest BCUT2D eigenvalue weighted by molar-refractivity contribution is 7.22. The number of aromatic nitrogens is 1. The van der Waals surface area contributed by atoms with E-state index >= 15 is 0 Å². The second kappa shape index (κ2) is 14.4. The minimum atomic E-state index is -0.848. The van der Waals surface area contributed by atoms with Gasteiger partial charge in [0.2, 0.25) is 5.91 Å². The zero-order valence-electron chi connectivity index (χ0n) is 24.4. The second-order valence-electron chi connectivity index (χ2n) is 10.8. The van der Waals surface area contributed by atoms with Gasteiger partial charge in [0.05, 0.1) is 21.2 Å². The zero-order valence-corrected chi connectivity index (χ0v) is 25.2. The van der Waals surface area contributed by atoms with Gasteiger partial charge in [-0.1, -0.05) is 36.4 Å². The largest absolute Gasteiger partial charge is 0.457 e. The average molecular weight is 621 g/mol. The smallest absolute Gasteiger partial charge is 0.407 e. The minimum Gasteiger partial charge on any atom is -0.457 e. The Morgan fingerprint density at radius 1 is 1.02 bits per heavy atom. The first kappa shape index (κ1) is 31.9. The van der Waals surface area contributed by atoms with Gasteiger partial charge in [0, 0.05) is 18.9 Å². The highest BCUT2D eigenvalue weighted by Crippen LogP contribution is 2.30. The monoisotopic (exact) mass is 620 g/mol. The molecule has 1 atom stereocenters. The lowest BCUT2D eigenvalue weighted by Crippen LogP contribution is -2.37. The van der Waals surface area contributed by atoms with Crippen molar-refractivity contribution in [1.82, 2.24) is 10.3 Å². The number of nitrogens with zero attached hydrogens (tertiary/aromatic N) is 2. The molecule has 0 saturated heterocycles. The Morgan fingerprint density at radius 2 is 1.73 bits per heavy atom. The van der Waals surface area contributed by atoms with Gasteiger partial charge in [-0.25, -0.2) is 9.59 Å². The third-order valence-corrected chi connectivity index (χ3v) is 7.27. The van der Waals surface area contributed by atoms with Gasteiger partial charge in [-0.05, 0) is 73.5 Å². The highest BCUT2D eigenvalue weighted by atomic mass is 32.1. The lowest BCUT2D eigenvalue weighted by molar-refractivity contribution is -0.757. The molecule has 0 aliphatic heterocycles. The number of hydrogen-bond acceptors (Lipinski definition) is 10. The Bertz CT molecular complexity index is 1580. The fourth-order valence-corrected chi connectivity index (χ4v) is 5.07. The summed E-state index contributed by atoms with van der Waals surface area (Å²) in [5.74, 6) is -1.58. The first-order valence-electron chi connectivity index (χ1n) is 13.7. The van der Waals surface area contributed by atoms with Crippen molar-refractivity contribution in [2.75, 3.05) is 18.5 Å². The van der Waals surface area contributed by atoms with E-state index < -0.39 is 28.7 Å². The summed E-state index contributed by atoms with van der Waals surface area (Å²) in [4.78, 5) is 57.0. The number of ether oxygens (including phenoxy) is 2. The molecular weight excluding hydrogens is 588 g/mol. The molecule has 2 aromatic carbocycles. The van der Waals surface area contributed by atoms with E-state index in [-0.39, 0.29) is 25.7 Å². The number of rotatable bonds is 12. The standard InChI is InChI=1S/C31H32N4O8S/c1-31(2,3)43-30(38)33-17-25(28(36)34-27-16-24-12-14-32-18-26(24)44-27)22-8-6-21(7-9-22)19-41-29(37)23-10-4-20(5-11-23)13-15-42-35(39)40/h4-12,14,16,18,25H,13,15,17,19H2,1-3H3,(H,33,38)(H,34,36)/t25-/m1/s1. The van der Waals surface area contributed by atoms with Crippen LogP contribution in [0.3, 0.4) is 0 Å². The number of pyridine rings is 1. The van der Waals surface area contributed by atoms with E-state index in [1.54, 1.807) is 81.7 Å². The fourth-order valence-electron chi connectivity index (χ4n) is 4.14. The molecule has 12 nitrogen and oxygen atoms in total. The molecule has 0 saturated carbocycles. The van der Waals surface area contributed by atoms with E-state index in [0.29, 0.717) is 28.1 Å². The molecule has 230 valence electrons. The van der Waals surface area contributed by atoms with E-state index in [0.717, 1.165) is 15.6 Å². The van der Waals surface area contributed by atoms with Crippen LogP contribution in [0.4, 0.5) is 9.80 Å². The molecule has 4 aromatic rings. The van der Waals surface area contributed by atoms with Crippen molar-refractivity contribution in [3.8, 4) is 0 Å². The summed E-state index contributed by atoms with van der Waals surface area (Å²) in [7, 11) is 0. The maximum absolute atomic E-state index is 13.4. The van der Waals surface area contributed by atoms with Crippen LogP contribution < -0.4 is 10.6 Å². The number of amides is 2. The number of carbonyl (C=O) groups is 3. The minimum absolute atomic E-state index is 0.000378. The SMILES string of the molecule is CC(C)(C)OC(=O)NC[C@@H](C(=O)Nc1cc2ccncc2s1)c1ccc(COC(=O)c2ccc(CCO[N+](=O)[O-])cc2)cc1. The van der Waals surface area contributed by atoms with E-state index in [4.69, 9.17) is 9.47 Å². The lowest BCUT2D eigenvalue weighted by atomic mass is 9.97. The van der Waals surface area contributed by atoms with Gasteiger partial charge in [-0.3, -0.25) is 9.78 Å². The highest BCUT2D eigenvalue weighted by Gasteiger charge is 2.24. The number of benzene rings is 2. The predicted octanol–water partition coefficient (Wildman–Crippen LogP) is 5.65. The molecule has 0 fully saturated rings. The molecular formula is C31H32N4O8S. The molecule has 2 heterocycles. The van der Waals surface area contributed by atoms with E-state index in [1.165, 1.54) is 11.3 Å². The summed E-state index contributed by atoms with van der Waals surface area (Å²) in [6, 6.07) is 17.3. The van der Waals surface area contributed by atoms with Gasteiger partial charge < -0.3 is 24.9 Å². The molecule has 0 radical (unpaired) electrons. The third-order valence-electron chi connectivity index (χ3n) is 6.26. The van der Waals surface area contributed by atoms with Crippen LogP contribution in [-0.4, -0.2) is 46.8 Å². The summed E-state index contributed by atoms with van der Waals surface area (Å²) in [6.07, 6.45) is 3.11. The van der Waals surface area contributed by atoms with E-state index in [1.807, 2.05) is 12.1 Å². The van der Waals surface area contributed by atoms with Crippen LogP contribution in [0, 0.1) is 10.1 Å². The van der Waals surface area contributed by atoms with Crippen molar-refractivity contribution in [3.63, 3.8) is 0 Å². The zero-order chi connectivity index (χ0) is 31.7. The summed E-state index contributed by atoms with van der Waals surface area (Å²) < 4.78 is 11.7. The van der Waals surface area contributed by atoms with Crippen LogP contribution in [0.5, 0.6) is 0 Å². The molecule has 2 amide bonds. The Hall–Kier alpha value is -5.04. The third kappa shape index (κ3) is 9.49. The predicted molar refractivity (Wildman–Crippen MR) is 164 cm³/mol. The molecule has 0 unspecified atom stereocenters. The molecule has 2 N–H and O–H groups in total. The molecule has 0 aliphatic rings. The molecule has 4 rings (SSSR count). The van der Waals surface area contributed by atoms with Crippen molar-refractivity contribution >= 4 is 44.4 Å². The van der Waals surface area contributed by atoms with Crippen molar-refractivity contribution in [2.45, 2.75) is 45.3 Å². The summed E-state index contributed by atoms with van der Waals surface area (Å²) >= 11 is 1.40. The summed E-state index contributed by atoms with van der Waals surface area (Å²) in [5.41, 5.74) is 1.77. The Kier molecular flexibility index (Phi) is 10.5. The quantitative estimate of drug-likeness (QED) is 0.116. The first-order chi connectivity index (χ1) is 21.0. The summed E-state index contributed by atoms with van der Waals surface area (Å²) in [5, 5.41) is 16.7. The molecule has 0 aliphatic carbocycles. The summed E-state index contributed by atoms with van der Waals surface area (Å²) in [6.45, 7) is 5.19. The number of fused-ring (bicyclic) bond motifs is 1. The van der Waals surface area contributed by atoms with E-state index in [9.17, 15) is 24.5 Å². The number of alkyl carbamates (subject to hydrolysis) is 1. The Morgan fingerprint density at radius 3 is 2.39 bits per heavy atom. The maximum Gasteiger partial charge on any atom is 0.407 e. The number of carbonyl (C=O) groups excluding carboxylic acids is 3. The molecule has 0 bridgehead atoms. The second-order valence-corrected chi connectivity index (χ2v) is 11.9. The van der Waals surface area contributed by atoms with Crippen molar-refractivity contribution < 1.29 is 33.8 Å². The topological polar surface area (TPSA) is 159 Å². The van der Waals surface area contributed by atoms with Crippen LogP contribution in [0.1, 0.15) is 53.7 Å². The van der Waals surface area contributed by atoms with Crippen molar-refractivity contribution in [3.05, 3.63) is 105 Å². The van der Waals surface area contributed by atoms with Gasteiger partial charge in [0.1, 0.15) is 18.8 Å². The average Bonchev–Trinajstić information content (AvgIpc) is 3.38. The van der Waals surface area contributed by atoms with Gasteiger partial charge in [0.15, 0.2) is 0 Å². The maximum atomic E-state index is 13.4. The Labute approximate surface area is 257 Å². The van der Waals surface area contributed by atoms with Gasteiger partial charge in [0.25, 0.3) is 5.09 Å². The van der Waals surface area contributed by atoms with Crippen LogP contribution >= 0.6 is 11.3 Å². The van der Waals surface area contributed by atoms with Gasteiger partial charge >= 0.3 is 12.1 Å². The lowest BCUT2D eigenvalue weighted by Gasteiger charge is -2.22. The van der Waals surface area contributed by atoms with Gasteiger partial charge in [-0.15, -0.1) is 21.5 Å². The van der Waals surface area contributed by atoms with Crippen LogP contribution in [-0.2, 0) is 32.1 Å². The number of nitrogens with one attached hydrogen (secondary N) is 2. The van der Waals surface area contributed by atoms with Crippen LogP contribution in [0.15, 0.2) is 73.1 Å². The fraction of sp³-hybridized carbons (Fsp3) is 0.290. The molecule has 44 heavy (non-hydrogen) atoms. The van der Waals surface area contributed by atoms with Crippen molar-refractivity contribution in [1.29, 1.82) is 0 Å². The molecule has 0 spiro atoms. The molecule has 2 aromatic heterocycles. The van der Waals surface area contributed by atoms with E-state index in [2.05, 4.69) is 20.5 Å². The first-order valence-corrected chi connectivity index (χ1v) is 14.5. The number of hydrogen-bond donors (Lipinski definition) is 2. The van der Waals surface area contributed by atoms with Crippen molar-refractivity contribution in [2.24, 2.45) is 0 Å². The number of esters is 1. The molecule has 13 heteroatoms. The van der Waals surface area contributed by atoms with Gasteiger partial charge in [-0.2, -0.15) is 0 Å². The Balaban J connectivity index is 1.39. The number of anilines is 1. The normalized spacial score (nSPS) is 11.8. The van der Waals surface area contributed by atoms with Crippen LogP contribution in [0.25, 0.3) is 10.1 Å².